The van der Waals surface area contributed by atoms with Gasteiger partial charge in [-0.1, -0.05) is 52.8 Å². The van der Waals surface area contributed by atoms with Gasteiger partial charge in [-0.2, -0.15) is 0 Å². The quantitative estimate of drug-likeness (QED) is 0.157. The molecule has 0 bridgehead atoms. The van der Waals surface area contributed by atoms with Gasteiger partial charge in [0.25, 0.3) is 0 Å². The molecule has 2 saturated carbocycles. The lowest BCUT2D eigenvalue weighted by molar-refractivity contribution is -0.344. The van der Waals surface area contributed by atoms with Crippen molar-refractivity contribution in [1.82, 2.24) is 0 Å². The van der Waals surface area contributed by atoms with E-state index in [4.69, 9.17) is 23.4 Å². The van der Waals surface area contributed by atoms with Gasteiger partial charge in [0.1, 0.15) is 19.3 Å². The molecule has 1 saturated heterocycles. The van der Waals surface area contributed by atoms with Gasteiger partial charge in [-0.15, -0.1) is 0 Å². The van der Waals surface area contributed by atoms with Crippen LogP contribution in [0.15, 0.2) is 23.8 Å². The van der Waals surface area contributed by atoms with Crippen LogP contribution in [0.1, 0.15) is 94.4 Å². The van der Waals surface area contributed by atoms with Crippen LogP contribution in [0.3, 0.4) is 0 Å². The van der Waals surface area contributed by atoms with Crippen molar-refractivity contribution in [2.24, 2.45) is 22.7 Å². The molecule has 0 aromatic heterocycles. The molecular weight excluding hydrogens is 536 g/mol. The van der Waals surface area contributed by atoms with Crippen LogP contribution >= 0.6 is 0 Å². The lowest BCUT2D eigenvalue weighted by Gasteiger charge is -2.63. The fourth-order valence-corrected chi connectivity index (χ4v) is 8.46. The highest BCUT2D eigenvalue weighted by molar-refractivity contribution is 6.74. The van der Waals surface area contributed by atoms with Gasteiger partial charge in [-0.25, -0.2) is 0 Å². The lowest BCUT2D eigenvalue weighted by atomic mass is 9.46. The van der Waals surface area contributed by atoms with E-state index in [0.29, 0.717) is 12.5 Å². The zero-order chi connectivity index (χ0) is 31.0. The van der Waals surface area contributed by atoms with E-state index >= 15 is 0 Å². The number of allylic oxidation sites excluding steroid dienone is 2. The summed E-state index contributed by atoms with van der Waals surface area (Å²) in [7, 11) is -2.24. The normalized spacial score (nSPS) is 32.9. The molecule has 0 amide bonds. The molecule has 0 aromatic rings. The standard InChI is InChI=1S/C33H56O7Si/c1-22-13-16-28-32(9,18-17-29-33(28,10)21-38-31(7,8)39-29)26(22)15-14-25(19-36-23(2)34)27(20-37-24(3)35)40-41(11,12)30(4,5)6/h14,26-29H,1,13,15-21H2,2-12H3/b25-14-/t26-,27-,28+,29-,32+,33+/m1/s1. The minimum absolute atomic E-state index is 0.0312. The molecule has 0 spiro atoms. The summed E-state index contributed by atoms with van der Waals surface area (Å²) < 4.78 is 30.5. The summed E-state index contributed by atoms with van der Waals surface area (Å²) >= 11 is 0. The van der Waals surface area contributed by atoms with E-state index in [9.17, 15) is 9.59 Å². The third-order valence-corrected chi connectivity index (χ3v) is 15.1. The van der Waals surface area contributed by atoms with Gasteiger partial charge >= 0.3 is 11.9 Å². The summed E-state index contributed by atoms with van der Waals surface area (Å²) in [6.45, 7) is 28.0. The molecule has 0 aromatic carbocycles. The molecule has 2 aliphatic carbocycles. The number of hydrogen-bond donors (Lipinski definition) is 0. The second-order valence-electron chi connectivity index (χ2n) is 15.1. The van der Waals surface area contributed by atoms with E-state index in [2.05, 4.69) is 60.4 Å². The maximum Gasteiger partial charge on any atom is 0.302 e. The Bertz CT molecular complexity index is 1030. The molecule has 41 heavy (non-hydrogen) atoms. The fraction of sp³-hybridized carbons (Fsp3) is 0.818. The van der Waals surface area contributed by atoms with Gasteiger partial charge in [0.2, 0.25) is 0 Å². The summed E-state index contributed by atoms with van der Waals surface area (Å²) in [4.78, 5) is 23.7. The van der Waals surface area contributed by atoms with Gasteiger partial charge in [0.15, 0.2) is 14.1 Å². The number of ether oxygens (including phenoxy) is 4. The first-order valence-corrected chi connectivity index (χ1v) is 18.3. The van der Waals surface area contributed by atoms with Crippen LogP contribution in [0.5, 0.6) is 0 Å². The number of esters is 2. The molecule has 1 aliphatic heterocycles. The van der Waals surface area contributed by atoms with Crippen molar-refractivity contribution >= 4 is 20.3 Å². The van der Waals surface area contributed by atoms with Crippen LogP contribution in [0, 0.1) is 22.7 Å². The molecule has 1 heterocycles. The van der Waals surface area contributed by atoms with Gasteiger partial charge in [0, 0.05) is 19.3 Å². The second-order valence-corrected chi connectivity index (χ2v) is 19.9. The summed E-state index contributed by atoms with van der Waals surface area (Å²) in [5.74, 6) is -0.572. The minimum Gasteiger partial charge on any atom is -0.463 e. The topological polar surface area (TPSA) is 80.3 Å². The maximum absolute atomic E-state index is 11.9. The predicted octanol–water partition coefficient (Wildman–Crippen LogP) is 7.36. The van der Waals surface area contributed by atoms with Gasteiger partial charge in [-0.05, 0) is 86.9 Å². The first-order valence-electron chi connectivity index (χ1n) is 15.3. The molecule has 6 atom stereocenters. The van der Waals surface area contributed by atoms with Crippen molar-refractivity contribution in [2.45, 2.75) is 131 Å². The first kappa shape index (κ1) is 34.0. The van der Waals surface area contributed by atoms with Gasteiger partial charge in [0.05, 0.1) is 12.7 Å². The van der Waals surface area contributed by atoms with Crippen LogP contribution in [0.4, 0.5) is 0 Å². The van der Waals surface area contributed by atoms with Crippen molar-refractivity contribution in [3.05, 3.63) is 23.8 Å². The Hall–Kier alpha value is -1.48. The maximum atomic E-state index is 11.9. The predicted molar refractivity (Wildman–Crippen MR) is 164 cm³/mol. The van der Waals surface area contributed by atoms with Crippen LogP contribution < -0.4 is 0 Å². The lowest BCUT2D eigenvalue weighted by Crippen LogP contribution is -2.62. The van der Waals surface area contributed by atoms with Crippen LogP contribution in [-0.2, 0) is 33.0 Å². The van der Waals surface area contributed by atoms with Crippen molar-refractivity contribution in [2.75, 3.05) is 19.8 Å². The van der Waals surface area contributed by atoms with Crippen molar-refractivity contribution in [3.8, 4) is 0 Å². The third kappa shape index (κ3) is 7.54. The molecular formula is C33H56O7Si. The van der Waals surface area contributed by atoms with E-state index in [1.807, 2.05) is 13.8 Å². The zero-order valence-corrected chi connectivity index (χ0v) is 28.6. The average Bonchev–Trinajstić information content (AvgIpc) is 2.82. The second kappa shape index (κ2) is 12.3. The van der Waals surface area contributed by atoms with E-state index in [0.717, 1.165) is 37.7 Å². The summed E-state index contributed by atoms with van der Waals surface area (Å²) in [5.41, 5.74) is 2.09. The number of carbonyl (C=O) groups is 2. The molecule has 3 fully saturated rings. The van der Waals surface area contributed by atoms with Crippen molar-refractivity contribution < 1.29 is 33.0 Å². The van der Waals surface area contributed by atoms with E-state index < -0.39 is 20.2 Å². The summed E-state index contributed by atoms with van der Waals surface area (Å²) in [5, 5.41) is -0.0425. The fourth-order valence-electron chi connectivity index (χ4n) is 7.18. The van der Waals surface area contributed by atoms with E-state index in [-0.39, 0.29) is 53.0 Å². The largest absolute Gasteiger partial charge is 0.463 e. The van der Waals surface area contributed by atoms with Crippen LogP contribution in [0.2, 0.25) is 18.1 Å². The van der Waals surface area contributed by atoms with Crippen LogP contribution in [0.25, 0.3) is 0 Å². The highest BCUT2D eigenvalue weighted by Gasteiger charge is 2.60. The smallest absolute Gasteiger partial charge is 0.302 e. The number of hydrogen-bond acceptors (Lipinski definition) is 7. The Morgan fingerprint density at radius 1 is 1.07 bits per heavy atom. The van der Waals surface area contributed by atoms with E-state index in [1.165, 1.54) is 19.4 Å². The van der Waals surface area contributed by atoms with Crippen molar-refractivity contribution in [1.29, 1.82) is 0 Å². The number of fused-ring (bicyclic) bond motifs is 3. The molecule has 8 heteroatoms. The SMILES string of the molecule is C=C1CC[C@@H]2[C@]3(C)COC(C)(C)O[C@@H]3CC[C@@]2(C)[C@@H]1C/C=C(/COC(C)=O)[C@@H](COC(C)=O)O[Si](C)(C)C(C)(C)C. The Morgan fingerprint density at radius 3 is 2.29 bits per heavy atom. The molecule has 0 unspecified atom stereocenters. The van der Waals surface area contributed by atoms with Crippen molar-refractivity contribution in [3.63, 3.8) is 0 Å². The van der Waals surface area contributed by atoms with Gasteiger partial charge < -0.3 is 23.4 Å². The monoisotopic (exact) mass is 592 g/mol. The Morgan fingerprint density at radius 2 is 1.71 bits per heavy atom. The highest BCUT2D eigenvalue weighted by Crippen LogP contribution is 2.63. The highest BCUT2D eigenvalue weighted by atomic mass is 28.4. The zero-order valence-electron chi connectivity index (χ0n) is 27.6. The minimum atomic E-state index is -2.24. The summed E-state index contributed by atoms with van der Waals surface area (Å²) in [6, 6.07) is 0. The molecule has 7 nitrogen and oxygen atoms in total. The number of rotatable bonds is 9. The Labute approximate surface area is 249 Å². The molecule has 0 N–H and O–H groups in total. The Kier molecular flexibility index (Phi) is 10.2. The first-order chi connectivity index (χ1) is 18.7. The summed E-state index contributed by atoms with van der Waals surface area (Å²) in [6.07, 6.45) is 6.73. The molecule has 3 aliphatic rings. The molecule has 3 rings (SSSR count). The average molecular weight is 593 g/mol. The molecule has 234 valence electrons. The van der Waals surface area contributed by atoms with Crippen LogP contribution in [-0.4, -0.2) is 58.1 Å². The molecule has 0 radical (unpaired) electrons. The van der Waals surface area contributed by atoms with E-state index in [1.54, 1.807) is 0 Å². The van der Waals surface area contributed by atoms with Gasteiger partial charge in [-0.3, -0.25) is 9.59 Å². The Balaban J connectivity index is 1.95. The third-order valence-electron chi connectivity index (χ3n) is 10.6. The number of carbonyl (C=O) groups excluding carboxylic acids is 2.